The highest BCUT2D eigenvalue weighted by Gasteiger charge is 2.41. The molecular formula is C24H26ClN9O3S. The third-order valence-corrected chi connectivity index (χ3v) is 8.20. The van der Waals surface area contributed by atoms with Gasteiger partial charge in [0.15, 0.2) is 33.3 Å². The van der Waals surface area contributed by atoms with Crippen molar-refractivity contribution >= 4 is 52.4 Å². The van der Waals surface area contributed by atoms with Gasteiger partial charge in [0.2, 0.25) is 0 Å². The number of guanidine groups is 1. The third-order valence-electron chi connectivity index (χ3n) is 6.63. The van der Waals surface area contributed by atoms with E-state index in [0.717, 1.165) is 5.56 Å². The summed E-state index contributed by atoms with van der Waals surface area (Å²) < 4.78 is 14.4. The van der Waals surface area contributed by atoms with Crippen LogP contribution in [0.1, 0.15) is 39.3 Å². The summed E-state index contributed by atoms with van der Waals surface area (Å²) >= 11 is 4.43. The van der Waals surface area contributed by atoms with Crippen LogP contribution in [-0.2, 0) is 11.4 Å². The Bertz CT molecular complexity index is 1420. The number of amides is 2. The van der Waals surface area contributed by atoms with Crippen molar-refractivity contribution in [3.8, 4) is 0 Å². The Hall–Kier alpha value is -3.81. The minimum Gasteiger partial charge on any atom is -0.587 e. The number of carbonyl (C=O) groups is 2. The minimum absolute atomic E-state index is 0.0677. The van der Waals surface area contributed by atoms with Crippen LogP contribution in [0.15, 0.2) is 52.6 Å². The number of nitrogens with one attached hydrogen (secondary N) is 2. The molecule has 14 heteroatoms. The maximum absolute atomic E-state index is 13.1. The molecule has 2 fully saturated rings. The molecule has 2 aliphatic rings. The molecule has 4 heterocycles. The van der Waals surface area contributed by atoms with Crippen molar-refractivity contribution in [2.45, 2.75) is 30.2 Å². The highest BCUT2D eigenvalue weighted by atomic mass is 35.5. The quantitative estimate of drug-likeness (QED) is 0.345. The predicted molar refractivity (Wildman–Crippen MR) is 144 cm³/mol. The largest absolute Gasteiger partial charge is 0.587 e. The number of carbonyl (C=O) groups excluding carboxylic acids is 2. The van der Waals surface area contributed by atoms with E-state index in [-0.39, 0.29) is 33.9 Å². The van der Waals surface area contributed by atoms with E-state index < -0.39 is 17.3 Å². The van der Waals surface area contributed by atoms with Gasteiger partial charge in [0.05, 0.1) is 23.5 Å². The maximum atomic E-state index is 13.1. The Morgan fingerprint density at radius 1 is 1.13 bits per heavy atom. The fourth-order valence-corrected chi connectivity index (χ4v) is 5.54. The van der Waals surface area contributed by atoms with Crippen LogP contribution in [0.4, 0.5) is 11.6 Å². The monoisotopic (exact) mass is 555 g/mol. The first-order valence-corrected chi connectivity index (χ1v) is 13.3. The van der Waals surface area contributed by atoms with E-state index in [4.69, 9.17) is 23.1 Å². The van der Waals surface area contributed by atoms with Crippen LogP contribution in [0.2, 0.25) is 5.15 Å². The molecule has 2 aliphatic heterocycles. The summed E-state index contributed by atoms with van der Waals surface area (Å²) in [5.74, 6) is -0.758. The zero-order valence-corrected chi connectivity index (χ0v) is 22.1. The summed E-state index contributed by atoms with van der Waals surface area (Å²) in [4.78, 5) is 39.9. The van der Waals surface area contributed by atoms with Gasteiger partial charge in [0, 0.05) is 19.6 Å². The van der Waals surface area contributed by atoms with Gasteiger partial charge in [-0.25, -0.2) is 9.97 Å². The van der Waals surface area contributed by atoms with Crippen LogP contribution in [0.25, 0.3) is 0 Å². The molecule has 3 aromatic rings. The zero-order valence-electron chi connectivity index (χ0n) is 20.5. The number of hydrogen-bond donors (Lipinski definition) is 4. The average molecular weight is 556 g/mol. The number of nitrogens with zero attached hydrogens (tertiary/aromatic N) is 5. The summed E-state index contributed by atoms with van der Waals surface area (Å²) in [6.45, 7) is 3.52. The Balaban J connectivity index is 1.20. The molecule has 1 aromatic carbocycles. The molecule has 0 saturated carbocycles. The van der Waals surface area contributed by atoms with Gasteiger partial charge in [0.25, 0.3) is 5.91 Å². The molecule has 198 valence electrons. The number of piperidine rings is 1. The lowest BCUT2D eigenvalue weighted by Crippen LogP contribution is -2.53. The van der Waals surface area contributed by atoms with Crippen molar-refractivity contribution in [3.63, 3.8) is 0 Å². The number of rotatable bonds is 4. The molecule has 0 bridgehead atoms. The lowest BCUT2D eigenvalue weighted by Gasteiger charge is -2.38. The molecule has 1 spiro atoms. The van der Waals surface area contributed by atoms with Crippen LogP contribution >= 0.6 is 11.6 Å². The van der Waals surface area contributed by atoms with Crippen LogP contribution < -0.4 is 22.1 Å². The molecule has 12 nitrogen and oxygen atoms in total. The summed E-state index contributed by atoms with van der Waals surface area (Å²) in [6.07, 6.45) is 4.56. The Morgan fingerprint density at radius 3 is 2.55 bits per heavy atom. The van der Waals surface area contributed by atoms with E-state index in [1.807, 2.05) is 31.2 Å². The van der Waals surface area contributed by atoms with Crippen molar-refractivity contribution in [2.24, 2.45) is 4.99 Å². The topological polar surface area (TPSA) is 180 Å². The standard InChI is InChI=1S/C24H26ClN9O3S/c1-14-2-4-16(5-3-14)38(37)34-9-6-15(12-34)22(36)33-10-7-24(8-11-33)13-28-23(32-24)31-21(35)17-19(26)30-20(27)18(25)29-17/h2-6,9,12H,7-8,10-11,13H2,1H3,(H4,26,27,30)(H2,28,31,32,35). The molecule has 1 unspecified atom stereocenters. The van der Waals surface area contributed by atoms with E-state index in [0.29, 0.717) is 48.9 Å². The number of nitrogen functional groups attached to an aromatic ring is 2. The molecule has 6 N–H and O–H groups in total. The lowest BCUT2D eigenvalue weighted by atomic mass is 9.88. The van der Waals surface area contributed by atoms with Gasteiger partial charge in [-0.15, -0.1) is 0 Å². The van der Waals surface area contributed by atoms with Crippen molar-refractivity contribution in [2.75, 3.05) is 31.1 Å². The minimum atomic E-state index is -1.43. The number of benzene rings is 1. The number of aromatic nitrogens is 3. The van der Waals surface area contributed by atoms with Crippen LogP contribution in [-0.4, -0.2) is 66.3 Å². The second-order valence-electron chi connectivity index (χ2n) is 9.27. The number of hydrogen-bond acceptors (Lipinski definition) is 7. The van der Waals surface area contributed by atoms with Crippen molar-refractivity contribution in [1.82, 2.24) is 29.5 Å². The predicted octanol–water partition coefficient (Wildman–Crippen LogP) is 1.34. The van der Waals surface area contributed by atoms with Gasteiger partial charge in [0.1, 0.15) is 11.4 Å². The molecule has 0 radical (unpaired) electrons. The Morgan fingerprint density at radius 2 is 1.84 bits per heavy atom. The van der Waals surface area contributed by atoms with Crippen molar-refractivity contribution in [3.05, 3.63) is 64.7 Å². The van der Waals surface area contributed by atoms with E-state index in [1.165, 1.54) is 3.97 Å². The number of nitrogens with two attached hydrogens (primary N) is 2. The number of aryl methyl sites for hydroxylation is 1. The Labute approximate surface area is 226 Å². The number of anilines is 2. The van der Waals surface area contributed by atoms with Gasteiger partial charge < -0.3 is 31.6 Å². The maximum Gasteiger partial charge on any atom is 0.302 e. The van der Waals surface area contributed by atoms with E-state index >= 15 is 0 Å². The first-order chi connectivity index (χ1) is 18.1. The second kappa shape index (κ2) is 10.2. The summed E-state index contributed by atoms with van der Waals surface area (Å²) in [7, 11) is 0. The second-order valence-corrected chi connectivity index (χ2v) is 11.0. The molecule has 2 amide bonds. The number of aliphatic imine (C=N–C) groups is 1. The summed E-state index contributed by atoms with van der Waals surface area (Å²) in [6, 6.07) is 9.13. The van der Waals surface area contributed by atoms with E-state index in [9.17, 15) is 14.1 Å². The summed E-state index contributed by atoms with van der Waals surface area (Å²) in [5.41, 5.74) is 12.3. The summed E-state index contributed by atoms with van der Waals surface area (Å²) in [5, 5.41) is 6.26. The van der Waals surface area contributed by atoms with E-state index in [2.05, 4.69) is 25.6 Å². The lowest BCUT2D eigenvalue weighted by molar-refractivity contribution is 0.0669. The molecule has 2 saturated heterocycles. The molecule has 0 aliphatic carbocycles. The molecule has 5 rings (SSSR count). The fourth-order valence-electron chi connectivity index (χ4n) is 4.42. The van der Waals surface area contributed by atoms with Gasteiger partial charge in [-0.05, 0) is 38.0 Å². The van der Waals surface area contributed by atoms with Crippen LogP contribution in [0.3, 0.4) is 0 Å². The van der Waals surface area contributed by atoms with Gasteiger partial charge in [-0.2, -0.15) is 8.96 Å². The van der Waals surface area contributed by atoms with Gasteiger partial charge in [-0.1, -0.05) is 29.3 Å². The highest BCUT2D eigenvalue weighted by Crippen LogP contribution is 2.26. The van der Waals surface area contributed by atoms with Crippen molar-refractivity contribution < 1.29 is 14.1 Å². The molecule has 1 atom stereocenters. The van der Waals surface area contributed by atoms with Gasteiger partial charge >= 0.3 is 5.91 Å². The highest BCUT2D eigenvalue weighted by molar-refractivity contribution is 7.90. The average Bonchev–Trinajstić information content (AvgIpc) is 3.54. The van der Waals surface area contributed by atoms with Crippen LogP contribution in [0.5, 0.6) is 0 Å². The smallest absolute Gasteiger partial charge is 0.302 e. The van der Waals surface area contributed by atoms with Crippen molar-refractivity contribution in [1.29, 1.82) is 0 Å². The van der Waals surface area contributed by atoms with E-state index in [1.54, 1.807) is 23.4 Å². The first kappa shape index (κ1) is 25.8. The Kier molecular flexibility index (Phi) is 6.90. The number of halogens is 1. The SMILES string of the molecule is Cc1ccc([S+]([O-])n2ccc(C(=O)N3CCC4(CC3)CN/C(=N\C(=O)c3nc(Cl)c(N)nc3N)N4)c2)cc1. The molecular weight excluding hydrogens is 530 g/mol. The molecule has 2 aromatic heterocycles. The fraction of sp³-hybridized carbons (Fsp3) is 0.292. The molecule has 38 heavy (non-hydrogen) atoms. The normalized spacial score (nSPS) is 18.3. The van der Waals surface area contributed by atoms with Gasteiger partial charge in [-0.3, -0.25) is 9.59 Å². The number of likely N-dealkylation sites (tertiary alicyclic amines) is 1. The first-order valence-electron chi connectivity index (χ1n) is 11.8. The van der Waals surface area contributed by atoms with Crippen LogP contribution in [0, 0.1) is 6.92 Å². The zero-order chi connectivity index (χ0) is 27.0. The third kappa shape index (κ3) is 5.12.